The molecule has 10 nitrogen and oxygen atoms in total. The van der Waals surface area contributed by atoms with E-state index >= 15 is 0 Å². The van der Waals surface area contributed by atoms with Gasteiger partial charge in [-0.1, -0.05) is 18.2 Å². The number of aryl methyl sites for hydroxylation is 3. The number of ether oxygens (including phenoxy) is 1. The normalized spacial score (nSPS) is 11.6. The molecule has 0 fully saturated rings. The molecule has 0 spiro atoms. The summed E-state index contributed by atoms with van der Waals surface area (Å²) in [4.78, 5) is 31.6. The van der Waals surface area contributed by atoms with Crippen molar-refractivity contribution in [1.82, 2.24) is 9.55 Å². The predicted molar refractivity (Wildman–Crippen MR) is 154 cm³/mol. The number of aromatic hydroxyl groups is 1. The van der Waals surface area contributed by atoms with Gasteiger partial charge in [0, 0.05) is 10.7 Å². The summed E-state index contributed by atoms with van der Waals surface area (Å²) < 4.78 is 35.5. The molecule has 0 aliphatic rings. The second-order valence-electron chi connectivity index (χ2n) is 8.73. The van der Waals surface area contributed by atoms with E-state index < -0.39 is 27.2 Å². The molecule has 0 unspecified atom stereocenters. The van der Waals surface area contributed by atoms with Gasteiger partial charge < -0.3 is 9.84 Å². The fourth-order valence-electron chi connectivity index (χ4n) is 3.78. The molecular formula is C27H25BrN4O6S. The minimum Gasteiger partial charge on any atom is -0.494 e. The smallest absolute Gasteiger partial charge is 0.335 e. The number of aromatic amines is 1. The van der Waals surface area contributed by atoms with Crippen molar-refractivity contribution in [1.29, 1.82) is 0 Å². The first-order valence-electron chi connectivity index (χ1n) is 11.6. The van der Waals surface area contributed by atoms with Crippen LogP contribution in [0.15, 0.2) is 78.5 Å². The van der Waals surface area contributed by atoms with Crippen molar-refractivity contribution in [3.8, 4) is 17.3 Å². The average Bonchev–Trinajstić information content (AvgIpc) is 2.87. The predicted octanol–water partition coefficient (Wildman–Crippen LogP) is 4.48. The number of nitrogens with zero attached hydrogens (tertiary/aromatic N) is 2. The third-order valence-electron chi connectivity index (χ3n) is 6.11. The van der Waals surface area contributed by atoms with E-state index in [-0.39, 0.29) is 21.9 Å². The van der Waals surface area contributed by atoms with E-state index in [1.54, 1.807) is 43.3 Å². The van der Waals surface area contributed by atoms with Crippen LogP contribution in [0.1, 0.15) is 22.3 Å². The van der Waals surface area contributed by atoms with Crippen LogP contribution in [-0.4, -0.2) is 36.4 Å². The van der Waals surface area contributed by atoms with Crippen LogP contribution in [0.25, 0.3) is 5.69 Å². The van der Waals surface area contributed by atoms with Gasteiger partial charge >= 0.3 is 5.69 Å². The molecule has 1 heterocycles. The number of hydrogen-bond acceptors (Lipinski definition) is 7. The largest absolute Gasteiger partial charge is 0.494 e. The molecule has 4 rings (SSSR count). The monoisotopic (exact) mass is 612 g/mol. The Kier molecular flexibility index (Phi) is 7.79. The summed E-state index contributed by atoms with van der Waals surface area (Å²) in [6.07, 6.45) is 1.04. The summed E-state index contributed by atoms with van der Waals surface area (Å²) in [6.45, 7) is 5.53. The number of nitrogens with one attached hydrogen (secondary N) is 2. The van der Waals surface area contributed by atoms with Gasteiger partial charge in [-0.2, -0.15) is 0 Å². The number of hydrogen-bond donors (Lipinski definition) is 3. The molecule has 0 saturated carbocycles. The van der Waals surface area contributed by atoms with Crippen LogP contribution in [0.4, 0.5) is 11.4 Å². The van der Waals surface area contributed by atoms with Gasteiger partial charge in [-0.25, -0.2) is 17.8 Å². The van der Waals surface area contributed by atoms with Crippen LogP contribution in [-0.2, 0) is 10.0 Å². The zero-order valence-electron chi connectivity index (χ0n) is 21.4. The third kappa shape index (κ3) is 5.66. The number of sulfonamides is 1. The minimum absolute atomic E-state index is 0.0778. The molecule has 0 aliphatic carbocycles. The molecule has 3 aromatic carbocycles. The first-order valence-corrected chi connectivity index (χ1v) is 13.9. The van der Waals surface area contributed by atoms with Gasteiger partial charge in [-0.05, 0) is 89.8 Å². The molecule has 39 heavy (non-hydrogen) atoms. The maximum Gasteiger partial charge on any atom is 0.335 e. The molecular weight excluding hydrogens is 588 g/mol. The Balaban J connectivity index is 1.79. The number of aromatic nitrogens is 2. The number of anilines is 1. The lowest BCUT2D eigenvalue weighted by Crippen LogP contribution is -2.31. The van der Waals surface area contributed by atoms with Crippen molar-refractivity contribution in [2.24, 2.45) is 4.99 Å². The number of H-pyrrole nitrogens is 1. The molecule has 0 atom stereocenters. The lowest BCUT2D eigenvalue weighted by molar-refractivity contribution is 0.416. The Bertz CT molecular complexity index is 1840. The lowest BCUT2D eigenvalue weighted by Gasteiger charge is -2.14. The first-order chi connectivity index (χ1) is 18.4. The van der Waals surface area contributed by atoms with Crippen LogP contribution in [0.3, 0.4) is 0 Å². The second kappa shape index (κ2) is 10.9. The fraction of sp³-hybridized carbons (Fsp3) is 0.148. The second-order valence-corrected chi connectivity index (χ2v) is 11.3. The molecule has 0 radical (unpaired) electrons. The highest BCUT2D eigenvalue weighted by molar-refractivity contribution is 9.10. The summed E-state index contributed by atoms with van der Waals surface area (Å²) in [5.41, 5.74) is 1.36. The third-order valence-corrected chi connectivity index (χ3v) is 8.11. The van der Waals surface area contributed by atoms with Crippen LogP contribution < -0.4 is 20.7 Å². The Morgan fingerprint density at radius 2 is 1.72 bits per heavy atom. The summed E-state index contributed by atoms with van der Waals surface area (Å²) in [5.74, 6) is -0.414. The fourth-order valence-corrected chi connectivity index (χ4v) is 5.56. The van der Waals surface area contributed by atoms with E-state index in [1.165, 1.54) is 25.3 Å². The average molecular weight is 613 g/mol. The highest BCUT2D eigenvalue weighted by Crippen LogP contribution is 2.32. The number of aliphatic imine (C=N–C) groups is 1. The van der Waals surface area contributed by atoms with Crippen molar-refractivity contribution >= 4 is 43.5 Å². The quantitative estimate of drug-likeness (QED) is 0.263. The molecule has 0 amide bonds. The molecule has 0 bridgehead atoms. The molecule has 12 heteroatoms. The van der Waals surface area contributed by atoms with E-state index in [4.69, 9.17) is 4.74 Å². The van der Waals surface area contributed by atoms with Gasteiger partial charge in [0.05, 0.1) is 23.4 Å². The van der Waals surface area contributed by atoms with Gasteiger partial charge in [0.15, 0.2) is 0 Å². The van der Waals surface area contributed by atoms with Crippen LogP contribution in [0.2, 0.25) is 0 Å². The maximum absolute atomic E-state index is 13.1. The Morgan fingerprint density at radius 1 is 1.03 bits per heavy atom. The number of para-hydroxylation sites is 1. The van der Waals surface area contributed by atoms with Gasteiger partial charge in [-0.3, -0.25) is 19.5 Å². The van der Waals surface area contributed by atoms with E-state index in [9.17, 15) is 23.1 Å². The lowest BCUT2D eigenvalue weighted by atomic mass is 10.1. The topological polar surface area (TPSA) is 143 Å². The summed E-state index contributed by atoms with van der Waals surface area (Å²) in [6, 6.07) is 14.5. The summed E-state index contributed by atoms with van der Waals surface area (Å²) >= 11 is 3.40. The van der Waals surface area contributed by atoms with Gasteiger partial charge in [0.2, 0.25) is 5.88 Å². The van der Waals surface area contributed by atoms with E-state index in [2.05, 4.69) is 30.6 Å². The number of methoxy groups -OCH3 is 1. The van der Waals surface area contributed by atoms with E-state index in [0.717, 1.165) is 27.5 Å². The van der Waals surface area contributed by atoms with Crippen LogP contribution in [0.5, 0.6) is 11.6 Å². The molecule has 1 aromatic heterocycles. The van der Waals surface area contributed by atoms with Crippen molar-refractivity contribution in [3.05, 3.63) is 102 Å². The van der Waals surface area contributed by atoms with Crippen molar-refractivity contribution in [2.75, 3.05) is 11.8 Å². The van der Waals surface area contributed by atoms with Gasteiger partial charge in [-0.15, -0.1) is 0 Å². The number of benzene rings is 3. The van der Waals surface area contributed by atoms with Crippen molar-refractivity contribution in [3.63, 3.8) is 0 Å². The minimum atomic E-state index is -3.99. The Labute approximate surface area is 232 Å². The Morgan fingerprint density at radius 3 is 2.41 bits per heavy atom. The molecule has 0 aliphatic heterocycles. The van der Waals surface area contributed by atoms with E-state index in [1.807, 2.05) is 13.8 Å². The molecule has 4 aromatic rings. The van der Waals surface area contributed by atoms with Crippen molar-refractivity contribution < 1.29 is 18.3 Å². The maximum atomic E-state index is 13.1. The van der Waals surface area contributed by atoms with Crippen LogP contribution >= 0.6 is 15.9 Å². The standard InChI is InChI=1S/C27H25BrN4O6S/c1-15-7-5-6-8-21(15)31-39(36,37)18-9-10-24(38-4)22(13-18)29-14-19-25(33)30-27(35)32(26(19)34)23-12-17(3)16(2)11-20(23)28/h5-14,31,34H,1-4H3,(H,30,33,35). The zero-order chi connectivity index (χ0) is 28.5. The molecule has 202 valence electrons. The van der Waals surface area contributed by atoms with Gasteiger partial charge in [0.1, 0.15) is 17.0 Å². The Hall–Kier alpha value is -4.16. The zero-order valence-corrected chi connectivity index (χ0v) is 23.8. The summed E-state index contributed by atoms with van der Waals surface area (Å²) in [7, 11) is -2.61. The highest BCUT2D eigenvalue weighted by atomic mass is 79.9. The van der Waals surface area contributed by atoms with Gasteiger partial charge in [0.25, 0.3) is 15.6 Å². The first kappa shape index (κ1) is 27.9. The van der Waals surface area contributed by atoms with E-state index in [0.29, 0.717) is 15.8 Å². The van der Waals surface area contributed by atoms with Crippen molar-refractivity contribution in [2.45, 2.75) is 25.7 Å². The number of halogens is 1. The highest BCUT2D eigenvalue weighted by Gasteiger charge is 2.19. The van der Waals surface area contributed by atoms with Crippen LogP contribution in [0, 0.1) is 20.8 Å². The number of rotatable bonds is 7. The summed E-state index contributed by atoms with van der Waals surface area (Å²) in [5, 5.41) is 11.0. The molecule has 0 saturated heterocycles. The SMILES string of the molecule is COc1ccc(S(=O)(=O)Nc2ccccc2C)cc1N=Cc1c(O)n(-c2cc(C)c(C)cc2Br)c(=O)[nH]c1=O. The molecule has 3 N–H and O–H groups in total.